The molecule has 5 nitrogen and oxygen atoms in total. The summed E-state index contributed by atoms with van der Waals surface area (Å²) in [5.41, 5.74) is 2.53. The van der Waals surface area contributed by atoms with Crippen molar-refractivity contribution in [2.75, 3.05) is 20.1 Å². The number of aryl methyl sites for hydroxylation is 2. The van der Waals surface area contributed by atoms with Gasteiger partial charge < -0.3 is 10.6 Å². The molecule has 0 saturated heterocycles. The maximum Gasteiger partial charge on any atom is 0.190 e. The number of benzene rings is 1. The summed E-state index contributed by atoms with van der Waals surface area (Å²) in [6.07, 6.45) is 5.96. The zero-order valence-corrected chi connectivity index (χ0v) is 13.4. The highest BCUT2D eigenvalue weighted by atomic mass is 15.3. The van der Waals surface area contributed by atoms with E-state index >= 15 is 0 Å². The Morgan fingerprint density at radius 2 is 1.95 bits per heavy atom. The van der Waals surface area contributed by atoms with E-state index in [2.05, 4.69) is 58.1 Å². The van der Waals surface area contributed by atoms with Crippen molar-refractivity contribution < 1.29 is 0 Å². The number of hydrogen-bond acceptors (Lipinski definition) is 2. The van der Waals surface area contributed by atoms with Crippen LogP contribution < -0.4 is 10.6 Å². The molecule has 2 rings (SSSR count). The van der Waals surface area contributed by atoms with Gasteiger partial charge >= 0.3 is 0 Å². The Bertz CT molecular complexity index is 574. The monoisotopic (exact) mass is 299 g/mol. The molecule has 1 aromatic heterocycles. The Morgan fingerprint density at radius 3 is 2.64 bits per heavy atom. The van der Waals surface area contributed by atoms with Crippen LogP contribution in [0, 0.1) is 6.92 Å². The van der Waals surface area contributed by atoms with Crippen LogP contribution in [0.5, 0.6) is 0 Å². The van der Waals surface area contributed by atoms with E-state index in [0.29, 0.717) is 0 Å². The molecule has 1 aromatic carbocycles. The summed E-state index contributed by atoms with van der Waals surface area (Å²) < 4.78 is 1.97. The van der Waals surface area contributed by atoms with Gasteiger partial charge in [0.2, 0.25) is 0 Å². The summed E-state index contributed by atoms with van der Waals surface area (Å²) in [6, 6.07) is 10.5. The summed E-state index contributed by atoms with van der Waals surface area (Å²) >= 11 is 0. The largest absolute Gasteiger partial charge is 0.356 e. The fraction of sp³-hybridized carbons (Fsp3) is 0.412. The molecule has 0 amide bonds. The zero-order chi connectivity index (χ0) is 15.6. The lowest BCUT2D eigenvalue weighted by atomic mass is 10.1. The molecular weight excluding hydrogens is 274 g/mol. The van der Waals surface area contributed by atoms with Crippen molar-refractivity contribution >= 4 is 5.96 Å². The maximum absolute atomic E-state index is 4.28. The van der Waals surface area contributed by atoms with Crippen molar-refractivity contribution in [1.82, 2.24) is 20.4 Å². The molecule has 0 atom stereocenters. The van der Waals surface area contributed by atoms with Gasteiger partial charge in [-0.1, -0.05) is 30.3 Å². The van der Waals surface area contributed by atoms with E-state index < -0.39 is 0 Å². The number of aliphatic imine (C=N–C) groups is 1. The zero-order valence-electron chi connectivity index (χ0n) is 13.4. The highest BCUT2D eigenvalue weighted by Gasteiger charge is 1.98. The van der Waals surface area contributed by atoms with E-state index in [4.69, 9.17) is 0 Å². The first kappa shape index (κ1) is 16.1. The van der Waals surface area contributed by atoms with Crippen LogP contribution in [-0.4, -0.2) is 35.9 Å². The number of rotatable bonds is 7. The van der Waals surface area contributed by atoms with Gasteiger partial charge in [0.1, 0.15) is 0 Å². The van der Waals surface area contributed by atoms with E-state index in [-0.39, 0.29) is 0 Å². The van der Waals surface area contributed by atoms with Crippen LogP contribution in [0.15, 0.2) is 47.7 Å². The molecule has 0 saturated carbocycles. The first-order chi connectivity index (χ1) is 10.8. The lowest BCUT2D eigenvalue weighted by Crippen LogP contribution is -2.39. The summed E-state index contributed by atoms with van der Waals surface area (Å²) in [5.74, 6) is 0.854. The van der Waals surface area contributed by atoms with Crippen molar-refractivity contribution in [1.29, 1.82) is 0 Å². The van der Waals surface area contributed by atoms with Gasteiger partial charge in [0.15, 0.2) is 5.96 Å². The predicted octanol–water partition coefficient (Wildman–Crippen LogP) is 1.99. The quantitative estimate of drug-likeness (QED) is 0.467. The minimum Gasteiger partial charge on any atom is -0.356 e. The molecule has 118 valence electrons. The van der Waals surface area contributed by atoms with E-state index in [1.54, 1.807) is 7.05 Å². The van der Waals surface area contributed by atoms with Crippen LogP contribution in [0.2, 0.25) is 0 Å². The maximum atomic E-state index is 4.28. The van der Waals surface area contributed by atoms with Gasteiger partial charge in [-0.2, -0.15) is 5.10 Å². The predicted molar refractivity (Wildman–Crippen MR) is 91.1 cm³/mol. The summed E-state index contributed by atoms with van der Waals surface area (Å²) in [4.78, 5) is 4.24. The van der Waals surface area contributed by atoms with Gasteiger partial charge in [-0.15, -0.1) is 0 Å². The Hall–Kier alpha value is -2.30. The third-order valence-corrected chi connectivity index (χ3v) is 3.39. The normalized spacial score (nSPS) is 11.5. The van der Waals surface area contributed by atoms with Crippen LogP contribution >= 0.6 is 0 Å². The van der Waals surface area contributed by atoms with Crippen LogP contribution in [0.4, 0.5) is 0 Å². The molecule has 0 unspecified atom stereocenters. The van der Waals surface area contributed by atoms with E-state index in [9.17, 15) is 0 Å². The molecule has 0 aliphatic rings. The van der Waals surface area contributed by atoms with Gasteiger partial charge in [-0.3, -0.25) is 9.67 Å². The number of nitrogens with one attached hydrogen (secondary N) is 2. The van der Waals surface area contributed by atoms with Crippen LogP contribution in [-0.2, 0) is 13.0 Å². The molecule has 0 radical (unpaired) electrons. The van der Waals surface area contributed by atoms with Crippen molar-refractivity contribution in [3.05, 3.63) is 53.9 Å². The molecule has 1 heterocycles. The number of nitrogens with zero attached hydrogens (tertiary/aromatic N) is 3. The lowest BCUT2D eigenvalue weighted by Gasteiger charge is -2.11. The molecule has 5 heteroatoms. The van der Waals surface area contributed by atoms with E-state index in [1.165, 1.54) is 11.1 Å². The molecule has 0 bridgehead atoms. The van der Waals surface area contributed by atoms with Crippen molar-refractivity contribution in [3.63, 3.8) is 0 Å². The van der Waals surface area contributed by atoms with Crippen LogP contribution in [0.25, 0.3) is 0 Å². The molecule has 22 heavy (non-hydrogen) atoms. The van der Waals surface area contributed by atoms with Gasteiger partial charge in [-0.25, -0.2) is 0 Å². The standard InChI is InChI=1S/C17H25N5/c1-15-13-21-22(14-15)12-6-10-19-17(18-2)20-11-9-16-7-4-3-5-8-16/h3-5,7-8,13-14H,6,9-12H2,1-2H3,(H2,18,19,20). The smallest absolute Gasteiger partial charge is 0.190 e. The molecule has 0 aliphatic heterocycles. The van der Waals surface area contributed by atoms with Crippen molar-refractivity contribution in [2.45, 2.75) is 26.3 Å². The summed E-state index contributed by atoms with van der Waals surface area (Å²) in [5, 5.41) is 10.9. The summed E-state index contributed by atoms with van der Waals surface area (Å²) in [7, 11) is 1.80. The first-order valence-corrected chi connectivity index (χ1v) is 7.75. The lowest BCUT2D eigenvalue weighted by molar-refractivity contribution is 0.570. The van der Waals surface area contributed by atoms with Gasteiger partial charge in [-0.05, 0) is 30.9 Å². The van der Waals surface area contributed by atoms with Crippen molar-refractivity contribution in [2.24, 2.45) is 4.99 Å². The van der Waals surface area contributed by atoms with E-state index in [0.717, 1.165) is 38.4 Å². The van der Waals surface area contributed by atoms with Gasteiger partial charge in [0, 0.05) is 32.9 Å². The number of hydrogen-bond donors (Lipinski definition) is 2. The molecule has 0 aliphatic carbocycles. The van der Waals surface area contributed by atoms with Crippen LogP contribution in [0.3, 0.4) is 0 Å². The highest BCUT2D eigenvalue weighted by molar-refractivity contribution is 5.79. The minimum absolute atomic E-state index is 0.854. The molecule has 2 N–H and O–H groups in total. The second-order valence-corrected chi connectivity index (χ2v) is 5.30. The molecule has 0 fully saturated rings. The highest BCUT2D eigenvalue weighted by Crippen LogP contribution is 1.98. The SMILES string of the molecule is CN=C(NCCCn1cc(C)cn1)NCCc1ccccc1. The molecular formula is C17H25N5. The minimum atomic E-state index is 0.854. The van der Waals surface area contributed by atoms with E-state index in [1.807, 2.05) is 16.9 Å². The van der Waals surface area contributed by atoms with Gasteiger partial charge in [0.25, 0.3) is 0 Å². The van der Waals surface area contributed by atoms with Gasteiger partial charge in [0.05, 0.1) is 6.20 Å². The number of guanidine groups is 1. The average Bonchev–Trinajstić information content (AvgIpc) is 2.96. The average molecular weight is 299 g/mol. The fourth-order valence-electron chi connectivity index (χ4n) is 2.23. The third-order valence-electron chi connectivity index (χ3n) is 3.39. The molecule has 2 aromatic rings. The summed E-state index contributed by atoms with van der Waals surface area (Å²) in [6.45, 7) is 4.73. The Labute approximate surface area is 132 Å². The second-order valence-electron chi connectivity index (χ2n) is 5.30. The van der Waals surface area contributed by atoms with Crippen LogP contribution in [0.1, 0.15) is 17.5 Å². The Balaban J connectivity index is 1.61. The second kappa shape index (κ2) is 8.87. The first-order valence-electron chi connectivity index (χ1n) is 7.75. The topological polar surface area (TPSA) is 54.2 Å². The Kier molecular flexibility index (Phi) is 6.48. The third kappa shape index (κ3) is 5.60. The fourth-order valence-corrected chi connectivity index (χ4v) is 2.23. The molecule has 0 spiro atoms. The van der Waals surface area contributed by atoms with Crippen molar-refractivity contribution in [3.8, 4) is 0 Å². The Morgan fingerprint density at radius 1 is 1.18 bits per heavy atom. The number of aromatic nitrogens is 2.